The van der Waals surface area contributed by atoms with Gasteiger partial charge in [0.25, 0.3) is 5.69 Å². The van der Waals surface area contributed by atoms with Gasteiger partial charge in [-0.15, -0.1) is 10.2 Å². The van der Waals surface area contributed by atoms with Crippen molar-refractivity contribution >= 4 is 23.1 Å². The fourth-order valence-corrected chi connectivity index (χ4v) is 2.81. The van der Waals surface area contributed by atoms with Gasteiger partial charge in [-0.1, -0.05) is 6.07 Å². The smallest absolute Gasteiger partial charge is 0.274 e. The van der Waals surface area contributed by atoms with Crippen molar-refractivity contribution in [2.75, 3.05) is 0 Å². The van der Waals surface area contributed by atoms with Crippen molar-refractivity contribution < 1.29 is 10.0 Å². The van der Waals surface area contributed by atoms with Crippen molar-refractivity contribution in [3.8, 4) is 0 Å². The van der Waals surface area contributed by atoms with Gasteiger partial charge in [-0.2, -0.15) is 0 Å². The summed E-state index contributed by atoms with van der Waals surface area (Å²) in [6.45, 7) is -0.384. The molecule has 0 bridgehead atoms. The monoisotopic (exact) mass is 302 g/mol. The molecule has 0 radical (unpaired) electrons. The van der Waals surface area contributed by atoms with E-state index in [2.05, 4.69) is 10.2 Å². The van der Waals surface area contributed by atoms with Crippen molar-refractivity contribution in [2.24, 2.45) is 0 Å². The lowest BCUT2D eigenvalue weighted by molar-refractivity contribution is -0.385. The number of nitrogens with zero attached hydrogens (tertiary/aromatic N) is 4. The number of benzene rings is 1. The first-order valence-corrected chi connectivity index (χ1v) is 6.86. The van der Waals surface area contributed by atoms with Crippen LogP contribution < -0.4 is 0 Å². The van der Waals surface area contributed by atoms with Gasteiger partial charge in [-0.3, -0.25) is 14.5 Å². The molecule has 0 aliphatic carbocycles. The Morgan fingerprint density at radius 2 is 2.14 bits per heavy atom. The first-order valence-electron chi connectivity index (χ1n) is 6.05. The summed E-state index contributed by atoms with van der Waals surface area (Å²) < 4.78 is 1.82. The highest BCUT2D eigenvalue weighted by atomic mass is 32.2. The number of nitro groups is 1. The van der Waals surface area contributed by atoms with Gasteiger partial charge in [-0.05, 0) is 36.0 Å². The lowest BCUT2D eigenvalue weighted by atomic mass is 10.2. The molecule has 106 valence electrons. The van der Waals surface area contributed by atoms with E-state index in [1.807, 2.05) is 28.8 Å². The molecule has 7 nitrogen and oxygen atoms in total. The fourth-order valence-electron chi connectivity index (χ4n) is 1.92. The van der Waals surface area contributed by atoms with Crippen LogP contribution >= 0.6 is 11.8 Å². The summed E-state index contributed by atoms with van der Waals surface area (Å²) >= 11 is 1.33. The Labute approximate surface area is 123 Å². The standard InChI is InChI=1S/C13H10N4O3S/c18-8-9-7-10(4-5-11(9)17(19)20)21-13-15-14-12-3-1-2-6-16(12)13/h1-7,18H,8H2. The molecule has 3 aromatic rings. The van der Waals surface area contributed by atoms with Gasteiger partial charge in [0.15, 0.2) is 10.8 Å². The van der Waals surface area contributed by atoms with E-state index in [1.54, 1.807) is 12.1 Å². The lowest BCUT2D eigenvalue weighted by Gasteiger charge is -2.03. The molecule has 0 atom stereocenters. The number of aliphatic hydroxyl groups is 1. The topological polar surface area (TPSA) is 93.6 Å². The van der Waals surface area contributed by atoms with Gasteiger partial charge in [0.1, 0.15) is 0 Å². The van der Waals surface area contributed by atoms with E-state index in [1.165, 1.54) is 17.8 Å². The quantitative estimate of drug-likeness (QED) is 0.587. The van der Waals surface area contributed by atoms with E-state index in [-0.39, 0.29) is 17.9 Å². The average Bonchev–Trinajstić information content (AvgIpc) is 2.90. The van der Waals surface area contributed by atoms with Crippen molar-refractivity contribution in [3.05, 3.63) is 58.3 Å². The third-order valence-electron chi connectivity index (χ3n) is 2.91. The first-order chi connectivity index (χ1) is 10.2. The van der Waals surface area contributed by atoms with E-state index < -0.39 is 4.92 Å². The summed E-state index contributed by atoms with van der Waals surface area (Å²) in [7, 11) is 0. The van der Waals surface area contributed by atoms with Crippen LogP contribution in [0.1, 0.15) is 5.56 Å². The third-order valence-corrected chi connectivity index (χ3v) is 3.86. The molecule has 0 saturated carbocycles. The van der Waals surface area contributed by atoms with Gasteiger partial charge in [0.05, 0.1) is 17.1 Å². The highest BCUT2D eigenvalue weighted by Crippen LogP contribution is 2.30. The van der Waals surface area contributed by atoms with Crippen LogP contribution in [-0.4, -0.2) is 24.6 Å². The number of pyridine rings is 1. The minimum atomic E-state index is -0.507. The van der Waals surface area contributed by atoms with E-state index in [0.717, 1.165) is 10.5 Å². The van der Waals surface area contributed by atoms with E-state index in [0.29, 0.717) is 5.16 Å². The molecule has 0 saturated heterocycles. The number of fused-ring (bicyclic) bond motifs is 1. The summed E-state index contributed by atoms with van der Waals surface area (Å²) in [6, 6.07) is 10.2. The summed E-state index contributed by atoms with van der Waals surface area (Å²) in [5, 5.41) is 28.9. The average molecular weight is 302 g/mol. The molecule has 0 spiro atoms. The van der Waals surface area contributed by atoms with Crippen LogP contribution in [0.2, 0.25) is 0 Å². The molecular formula is C13H10N4O3S. The summed E-state index contributed by atoms with van der Waals surface area (Å²) in [4.78, 5) is 11.1. The molecular weight excluding hydrogens is 292 g/mol. The normalized spacial score (nSPS) is 10.9. The number of nitro benzene ring substituents is 1. The van der Waals surface area contributed by atoms with Gasteiger partial charge in [0.2, 0.25) is 0 Å². The Balaban J connectivity index is 1.96. The maximum Gasteiger partial charge on any atom is 0.274 e. The highest BCUT2D eigenvalue weighted by Gasteiger charge is 2.15. The fraction of sp³-hybridized carbons (Fsp3) is 0.0769. The number of rotatable bonds is 4. The van der Waals surface area contributed by atoms with E-state index in [4.69, 9.17) is 0 Å². The second kappa shape index (κ2) is 5.51. The van der Waals surface area contributed by atoms with E-state index >= 15 is 0 Å². The molecule has 2 heterocycles. The van der Waals surface area contributed by atoms with Crippen molar-refractivity contribution in [3.63, 3.8) is 0 Å². The van der Waals surface area contributed by atoms with Crippen LogP contribution in [0.4, 0.5) is 5.69 Å². The molecule has 0 fully saturated rings. The first kappa shape index (κ1) is 13.5. The maximum atomic E-state index is 10.8. The molecule has 3 rings (SSSR count). The second-order valence-corrected chi connectivity index (χ2v) is 5.26. The highest BCUT2D eigenvalue weighted by molar-refractivity contribution is 7.99. The number of aromatic nitrogens is 3. The number of hydrogen-bond donors (Lipinski definition) is 1. The van der Waals surface area contributed by atoms with E-state index in [9.17, 15) is 15.2 Å². The SMILES string of the molecule is O=[N+]([O-])c1ccc(Sc2nnc3ccccn23)cc1CO. The Bertz CT molecular complexity index is 818. The van der Waals surface area contributed by atoms with Gasteiger partial charge in [-0.25, -0.2) is 0 Å². The van der Waals surface area contributed by atoms with Crippen LogP contribution in [0.15, 0.2) is 52.6 Å². The zero-order valence-electron chi connectivity index (χ0n) is 10.7. The van der Waals surface area contributed by atoms with Crippen molar-refractivity contribution in [1.82, 2.24) is 14.6 Å². The van der Waals surface area contributed by atoms with Crippen LogP contribution in [-0.2, 0) is 6.61 Å². The second-order valence-electron chi connectivity index (χ2n) is 4.22. The third kappa shape index (κ3) is 2.58. The molecule has 21 heavy (non-hydrogen) atoms. The van der Waals surface area contributed by atoms with Crippen LogP contribution in [0.3, 0.4) is 0 Å². The van der Waals surface area contributed by atoms with Crippen LogP contribution in [0, 0.1) is 10.1 Å². The predicted molar refractivity (Wildman–Crippen MR) is 76.1 cm³/mol. The summed E-state index contributed by atoms with van der Waals surface area (Å²) in [6.07, 6.45) is 1.84. The molecule has 0 aliphatic heterocycles. The molecule has 0 unspecified atom stereocenters. The molecule has 8 heteroatoms. The van der Waals surface area contributed by atoms with Gasteiger partial charge in [0, 0.05) is 17.2 Å². The zero-order valence-corrected chi connectivity index (χ0v) is 11.5. The van der Waals surface area contributed by atoms with Crippen LogP contribution in [0.25, 0.3) is 5.65 Å². The number of aliphatic hydroxyl groups excluding tert-OH is 1. The Kier molecular flexibility index (Phi) is 3.55. The predicted octanol–water partition coefficient (Wildman–Crippen LogP) is 2.28. The molecule has 0 amide bonds. The Hall–Kier alpha value is -2.45. The van der Waals surface area contributed by atoms with Crippen LogP contribution in [0.5, 0.6) is 0 Å². The summed E-state index contributed by atoms with van der Waals surface area (Å²) in [5.74, 6) is 0. The van der Waals surface area contributed by atoms with Gasteiger partial charge >= 0.3 is 0 Å². The minimum Gasteiger partial charge on any atom is -0.391 e. The molecule has 0 aliphatic rings. The zero-order chi connectivity index (χ0) is 14.8. The molecule has 1 aromatic carbocycles. The van der Waals surface area contributed by atoms with Gasteiger partial charge < -0.3 is 5.11 Å². The number of hydrogen-bond acceptors (Lipinski definition) is 6. The van der Waals surface area contributed by atoms with Crippen molar-refractivity contribution in [1.29, 1.82) is 0 Å². The lowest BCUT2D eigenvalue weighted by Crippen LogP contribution is -1.95. The molecule has 2 aromatic heterocycles. The Morgan fingerprint density at radius 3 is 2.90 bits per heavy atom. The largest absolute Gasteiger partial charge is 0.391 e. The summed E-state index contributed by atoms with van der Waals surface area (Å²) in [5.41, 5.74) is 0.913. The Morgan fingerprint density at radius 1 is 1.29 bits per heavy atom. The maximum absolute atomic E-state index is 10.8. The minimum absolute atomic E-state index is 0.0899. The van der Waals surface area contributed by atoms with Crippen molar-refractivity contribution in [2.45, 2.75) is 16.7 Å². The molecule has 1 N–H and O–H groups in total.